The molecule has 1 aromatic heterocycles. The van der Waals surface area contributed by atoms with Crippen LogP contribution in [0, 0.1) is 0 Å². The molecule has 1 aliphatic heterocycles. The molecule has 1 unspecified atom stereocenters. The first-order chi connectivity index (χ1) is 17.7. The van der Waals surface area contributed by atoms with Crippen molar-refractivity contribution in [3.05, 3.63) is 89.7 Å². The lowest BCUT2D eigenvalue weighted by atomic mass is 9.92. The van der Waals surface area contributed by atoms with E-state index in [0.717, 1.165) is 29.5 Å². The number of aryl methyl sites for hydroxylation is 1. The topological polar surface area (TPSA) is 115 Å². The molecular formula is C27H30N4O4S2. The lowest BCUT2D eigenvalue weighted by Gasteiger charge is -2.36. The molecule has 0 saturated heterocycles. The van der Waals surface area contributed by atoms with Gasteiger partial charge in [-0.25, -0.2) is 27.0 Å². The number of hydrogen-bond acceptors (Lipinski definition) is 5. The Bertz CT molecular complexity index is 1650. The number of nitrogens with two attached hydrogens (primary N) is 1. The molecule has 0 aliphatic carbocycles. The minimum atomic E-state index is -3.88. The minimum absolute atomic E-state index is 0.00276. The van der Waals surface area contributed by atoms with Crippen LogP contribution in [0.15, 0.2) is 82.6 Å². The molecule has 1 aliphatic rings. The number of primary sulfonamides is 1. The number of aromatic nitrogens is 2. The van der Waals surface area contributed by atoms with Crippen LogP contribution in [0.3, 0.4) is 0 Å². The van der Waals surface area contributed by atoms with E-state index >= 15 is 0 Å². The molecule has 8 nitrogen and oxygen atoms in total. The predicted octanol–water partition coefficient (Wildman–Crippen LogP) is 4.01. The second-order valence-electron chi connectivity index (χ2n) is 9.33. The molecule has 4 aromatic rings. The van der Waals surface area contributed by atoms with Crippen molar-refractivity contribution in [2.75, 3.05) is 6.54 Å². The summed E-state index contributed by atoms with van der Waals surface area (Å²) >= 11 is 0. The van der Waals surface area contributed by atoms with Crippen LogP contribution >= 0.6 is 0 Å². The smallest absolute Gasteiger partial charge is 0.243 e. The number of benzene rings is 3. The summed E-state index contributed by atoms with van der Waals surface area (Å²) in [6.45, 7) is 3.16. The second-order valence-corrected chi connectivity index (χ2v) is 12.8. The van der Waals surface area contributed by atoms with Crippen LogP contribution in [0.4, 0.5) is 0 Å². The molecule has 37 heavy (non-hydrogen) atoms. The number of nitrogens with zero attached hydrogens (tertiary/aromatic N) is 3. The summed E-state index contributed by atoms with van der Waals surface area (Å²) in [5, 5.41) is 5.36. The number of rotatable bonds is 8. The van der Waals surface area contributed by atoms with Crippen molar-refractivity contribution < 1.29 is 16.8 Å². The van der Waals surface area contributed by atoms with E-state index in [1.165, 1.54) is 12.1 Å². The maximum absolute atomic E-state index is 13.8. The van der Waals surface area contributed by atoms with Gasteiger partial charge in [0.15, 0.2) is 0 Å². The Hall–Kier alpha value is -3.05. The zero-order valence-corrected chi connectivity index (χ0v) is 22.2. The zero-order valence-electron chi connectivity index (χ0n) is 20.6. The predicted molar refractivity (Wildman–Crippen MR) is 143 cm³/mol. The number of sulfonamides is 2. The zero-order chi connectivity index (χ0) is 26.2. The molecule has 194 valence electrons. The van der Waals surface area contributed by atoms with Crippen molar-refractivity contribution in [1.82, 2.24) is 13.9 Å². The Labute approximate surface area is 217 Å². The number of hydrogen-bond donors (Lipinski definition) is 1. The van der Waals surface area contributed by atoms with Gasteiger partial charge in [0.05, 0.1) is 26.9 Å². The van der Waals surface area contributed by atoms with Gasteiger partial charge in [0, 0.05) is 19.5 Å². The van der Waals surface area contributed by atoms with Gasteiger partial charge in [-0.15, -0.1) is 0 Å². The van der Waals surface area contributed by atoms with Gasteiger partial charge in [0.25, 0.3) is 0 Å². The normalized spacial score (nSPS) is 16.6. The average Bonchev–Trinajstić information content (AvgIpc) is 3.23. The van der Waals surface area contributed by atoms with Crippen molar-refractivity contribution in [2.45, 2.75) is 55.0 Å². The molecule has 3 aromatic carbocycles. The molecular weight excluding hydrogens is 508 g/mol. The lowest BCUT2D eigenvalue weighted by molar-refractivity contribution is 0.300. The van der Waals surface area contributed by atoms with Crippen LogP contribution in [-0.2, 0) is 39.4 Å². The van der Waals surface area contributed by atoms with Crippen LogP contribution in [0.2, 0.25) is 0 Å². The van der Waals surface area contributed by atoms with E-state index in [-0.39, 0.29) is 9.79 Å². The van der Waals surface area contributed by atoms with Crippen LogP contribution < -0.4 is 5.14 Å². The maximum Gasteiger partial charge on any atom is 0.243 e. The Morgan fingerprint density at radius 1 is 0.946 bits per heavy atom. The summed E-state index contributed by atoms with van der Waals surface area (Å²) in [7, 11) is -7.64. The number of fused-ring (bicyclic) bond motifs is 2. The van der Waals surface area contributed by atoms with Crippen molar-refractivity contribution in [2.24, 2.45) is 5.14 Å². The van der Waals surface area contributed by atoms with Crippen LogP contribution in [-0.4, -0.2) is 37.2 Å². The Balaban J connectivity index is 1.63. The van der Waals surface area contributed by atoms with E-state index in [4.69, 9.17) is 10.1 Å². The summed E-state index contributed by atoms with van der Waals surface area (Å²) in [6, 6.07) is 20.7. The third-order valence-electron chi connectivity index (χ3n) is 6.95. The molecule has 0 fully saturated rings. The highest BCUT2D eigenvalue weighted by molar-refractivity contribution is 7.89. The molecule has 5 rings (SSSR count). The van der Waals surface area contributed by atoms with Gasteiger partial charge in [-0.2, -0.15) is 4.31 Å². The van der Waals surface area contributed by atoms with E-state index in [1.807, 2.05) is 24.3 Å². The summed E-state index contributed by atoms with van der Waals surface area (Å²) in [5.74, 6) is 0.713. The van der Waals surface area contributed by atoms with E-state index < -0.39 is 26.1 Å². The molecule has 0 spiro atoms. The quantitative estimate of drug-likeness (QED) is 0.364. The fourth-order valence-electron chi connectivity index (χ4n) is 5.09. The number of imidazole rings is 1. The Kier molecular flexibility index (Phi) is 6.93. The molecule has 0 radical (unpaired) electrons. The highest BCUT2D eigenvalue weighted by Crippen LogP contribution is 2.37. The van der Waals surface area contributed by atoms with Gasteiger partial charge in [0.1, 0.15) is 5.82 Å². The van der Waals surface area contributed by atoms with Crippen molar-refractivity contribution >= 4 is 31.1 Å². The van der Waals surface area contributed by atoms with E-state index in [1.54, 1.807) is 40.7 Å². The van der Waals surface area contributed by atoms with Crippen molar-refractivity contribution in [3.8, 4) is 0 Å². The highest BCUT2D eigenvalue weighted by atomic mass is 32.2. The molecule has 2 N–H and O–H groups in total. The fourth-order valence-corrected chi connectivity index (χ4v) is 7.25. The molecule has 0 bridgehead atoms. The molecule has 1 atom stereocenters. The van der Waals surface area contributed by atoms with Gasteiger partial charge in [0.2, 0.25) is 20.0 Å². The first kappa shape index (κ1) is 25.6. The van der Waals surface area contributed by atoms with Crippen LogP contribution in [0.25, 0.3) is 11.0 Å². The van der Waals surface area contributed by atoms with E-state index in [2.05, 4.69) is 11.5 Å². The fraction of sp³-hybridized carbons (Fsp3) is 0.296. The average molecular weight is 539 g/mol. The van der Waals surface area contributed by atoms with Crippen molar-refractivity contribution in [3.63, 3.8) is 0 Å². The lowest BCUT2D eigenvalue weighted by Crippen LogP contribution is -2.41. The van der Waals surface area contributed by atoms with Gasteiger partial charge < -0.3 is 4.57 Å². The van der Waals surface area contributed by atoms with Gasteiger partial charge in [-0.05, 0) is 54.3 Å². The number of unbranched alkanes of at least 4 members (excludes halogenated alkanes) is 1. The SMILES string of the molecule is CCCCn1c(CC2c3ccccc3CCN2S(=O)(=O)c2ccccc2)nc2cc(S(N)(=O)=O)ccc21. The highest BCUT2D eigenvalue weighted by Gasteiger charge is 2.37. The van der Waals surface area contributed by atoms with E-state index in [9.17, 15) is 16.8 Å². The van der Waals surface area contributed by atoms with Crippen LogP contribution in [0.1, 0.15) is 42.8 Å². The molecule has 10 heteroatoms. The Morgan fingerprint density at radius 3 is 2.41 bits per heavy atom. The summed E-state index contributed by atoms with van der Waals surface area (Å²) < 4.78 is 55.2. The Morgan fingerprint density at radius 2 is 1.68 bits per heavy atom. The molecule has 2 heterocycles. The minimum Gasteiger partial charge on any atom is -0.328 e. The van der Waals surface area contributed by atoms with Gasteiger partial charge in [-0.3, -0.25) is 0 Å². The third-order valence-corrected chi connectivity index (χ3v) is 9.78. The van der Waals surface area contributed by atoms with Crippen molar-refractivity contribution in [1.29, 1.82) is 0 Å². The summed E-state index contributed by atoms with van der Waals surface area (Å²) in [5.41, 5.74) is 3.42. The van der Waals surface area contributed by atoms with E-state index in [0.29, 0.717) is 37.3 Å². The standard InChI is InChI=1S/C27H30N4O4S2/c1-2-3-16-30-25-14-13-22(36(28,32)33)18-24(25)29-27(30)19-26-23-12-8-7-9-20(23)15-17-31(26)37(34,35)21-10-5-4-6-11-21/h4-14,18,26H,2-3,15-17,19H2,1H3,(H2,28,32,33). The first-order valence-electron chi connectivity index (χ1n) is 12.4. The molecule has 0 amide bonds. The summed E-state index contributed by atoms with van der Waals surface area (Å²) in [4.78, 5) is 5.08. The first-order valence-corrected chi connectivity index (χ1v) is 15.4. The van der Waals surface area contributed by atoms with Gasteiger partial charge in [-0.1, -0.05) is 55.8 Å². The molecule has 0 saturated carbocycles. The van der Waals surface area contributed by atoms with Crippen LogP contribution in [0.5, 0.6) is 0 Å². The largest absolute Gasteiger partial charge is 0.328 e. The maximum atomic E-state index is 13.8. The monoisotopic (exact) mass is 538 g/mol. The second kappa shape index (κ2) is 10.0. The van der Waals surface area contributed by atoms with Gasteiger partial charge >= 0.3 is 0 Å². The third kappa shape index (κ3) is 4.94. The summed E-state index contributed by atoms with van der Waals surface area (Å²) in [6.07, 6.45) is 2.85.